The van der Waals surface area contributed by atoms with Gasteiger partial charge in [0.25, 0.3) is 0 Å². The van der Waals surface area contributed by atoms with Crippen LogP contribution in [0.25, 0.3) is 0 Å². The summed E-state index contributed by atoms with van der Waals surface area (Å²) in [6, 6.07) is 12.4. The number of benzene rings is 1. The summed E-state index contributed by atoms with van der Waals surface area (Å²) in [6.07, 6.45) is 7.61. The molecule has 1 amide bonds. The van der Waals surface area contributed by atoms with Crippen LogP contribution in [0.3, 0.4) is 0 Å². The Morgan fingerprint density at radius 3 is 2.69 bits per heavy atom. The molecular formula is C22H27N3O. The van der Waals surface area contributed by atoms with Crippen LogP contribution in [-0.4, -0.2) is 28.4 Å². The van der Waals surface area contributed by atoms with Gasteiger partial charge in [-0.15, -0.1) is 0 Å². The van der Waals surface area contributed by atoms with E-state index in [2.05, 4.69) is 33.4 Å². The lowest BCUT2D eigenvalue weighted by atomic mass is 10.00. The summed E-state index contributed by atoms with van der Waals surface area (Å²) in [5, 5.41) is 3.13. The largest absolute Gasteiger partial charge is 0.325 e. The van der Waals surface area contributed by atoms with Gasteiger partial charge in [0.1, 0.15) is 0 Å². The highest BCUT2D eigenvalue weighted by atomic mass is 16.2. The van der Waals surface area contributed by atoms with Crippen LogP contribution in [0.15, 0.2) is 42.6 Å². The monoisotopic (exact) mass is 349 g/mol. The normalized spacial score (nSPS) is 20.7. The van der Waals surface area contributed by atoms with Crippen LogP contribution in [0.4, 0.5) is 5.69 Å². The van der Waals surface area contributed by atoms with E-state index >= 15 is 0 Å². The molecule has 0 unspecified atom stereocenters. The molecule has 2 aromatic rings. The number of rotatable bonds is 5. The number of hydrogen-bond donors (Lipinski definition) is 1. The highest BCUT2D eigenvalue weighted by Crippen LogP contribution is 2.40. The van der Waals surface area contributed by atoms with E-state index in [1.54, 1.807) is 0 Å². The molecule has 4 heteroatoms. The van der Waals surface area contributed by atoms with E-state index < -0.39 is 0 Å². The standard InChI is InChI=1S/C22H27N3O/c1-16-19(5-4-13-23-16)15-25-14-3-2-6-21(25)22(26)24-20-11-9-18(10-12-20)17-7-8-17/h4-5,9-13,17,21H,2-3,6-8,14-15H2,1H3,(H,24,26)/t21-/m1/s1. The van der Waals surface area contributed by atoms with Gasteiger partial charge in [-0.05, 0) is 74.4 Å². The van der Waals surface area contributed by atoms with Crippen molar-refractivity contribution in [1.29, 1.82) is 0 Å². The van der Waals surface area contributed by atoms with Gasteiger partial charge in [0.15, 0.2) is 0 Å². The van der Waals surface area contributed by atoms with Crippen LogP contribution in [0, 0.1) is 6.92 Å². The first-order valence-electron chi connectivity index (χ1n) is 9.76. The fourth-order valence-corrected chi connectivity index (χ4v) is 3.86. The second-order valence-corrected chi connectivity index (χ2v) is 7.62. The number of hydrogen-bond acceptors (Lipinski definition) is 3. The Morgan fingerprint density at radius 1 is 1.15 bits per heavy atom. The first-order valence-corrected chi connectivity index (χ1v) is 9.76. The van der Waals surface area contributed by atoms with Gasteiger partial charge in [-0.2, -0.15) is 0 Å². The number of aryl methyl sites for hydroxylation is 1. The Balaban J connectivity index is 1.43. The third kappa shape index (κ3) is 3.96. The second-order valence-electron chi connectivity index (χ2n) is 7.62. The number of pyridine rings is 1. The summed E-state index contributed by atoms with van der Waals surface area (Å²) in [5.41, 5.74) is 4.56. The fourth-order valence-electron chi connectivity index (χ4n) is 3.86. The molecule has 1 saturated heterocycles. The molecule has 4 rings (SSSR count). The average Bonchev–Trinajstić information content (AvgIpc) is 3.50. The van der Waals surface area contributed by atoms with Crippen molar-refractivity contribution < 1.29 is 4.79 Å². The Kier molecular flexibility index (Phi) is 5.02. The quantitative estimate of drug-likeness (QED) is 0.877. The first kappa shape index (κ1) is 17.2. The minimum absolute atomic E-state index is 0.0635. The predicted molar refractivity (Wildman–Crippen MR) is 104 cm³/mol. The Hall–Kier alpha value is -2.20. The van der Waals surface area contributed by atoms with Crippen LogP contribution >= 0.6 is 0 Å². The van der Waals surface area contributed by atoms with Crippen molar-refractivity contribution in [2.45, 2.75) is 57.5 Å². The van der Waals surface area contributed by atoms with Gasteiger partial charge in [0.2, 0.25) is 5.91 Å². The summed E-state index contributed by atoms with van der Waals surface area (Å²) in [4.78, 5) is 19.6. The number of anilines is 1. The fraction of sp³-hybridized carbons (Fsp3) is 0.455. The molecular weight excluding hydrogens is 322 g/mol. The van der Waals surface area contributed by atoms with E-state index in [1.807, 2.05) is 31.3 Å². The van der Waals surface area contributed by atoms with E-state index in [1.165, 1.54) is 24.0 Å². The topological polar surface area (TPSA) is 45.2 Å². The highest BCUT2D eigenvalue weighted by Gasteiger charge is 2.29. The van der Waals surface area contributed by atoms with Gasteiger partial charge in [-0.1, -0.05) is 24.6 Å². The molecule has 0 radical (unpaired) electrons. The summed E-state index contributed by atoms with van der Waals surface area (Å²) >= 11 is 0. The molecule has 0 spiro atoms. The zero-order valence-corrected chi connectivity index (χ0v) is 15.4. The summed E-state index contributed by atoms with van der Waals surface area (Å²) in [6.45, 7) is 3.79. The molecule has 2 aliphatic rings. The van der Waals surface area contributed by atoms with E-state index in [-0.39, 0.29) is 11.9 Å². The first-order chi connectivity index (χ1) is 12.7. The molecule has 2 fully saturated rings. The molecule has 1 saturated carbocycles. The van der Waals surface area contributed by atoms with Gasteiger partial charge in [-0.3, -0.25) is 14.7 Å². The van der Waals surface area contributed by atoms with Crippen molar-refractivity contribution in [3.8, 4) is 0 Å². The molecule has 2 heterocycles. The number of piperidine rings is 1. The van der Waals surface area contributed by atoms with Crippen LogP contribution in [0.5, 0.6) is 0 Å². The van der Waals surface area contributed by atoms with Gasteiger partial charge >= 0.3 is 0 Å². The van der Waals surface area contributed by atoms with E-state index in [4.69, 9.17) is 0 Å². The number of carbonyl (C=O) groups is 1. The van der Waals surface area contributed by atoms with Crippen molar-refractivity contribution in [3.05, 3.63) is 59.4 Å². The zero-order valence-electron chi connectivity index (χ0n) is 15.4. The maximum absolute atomic E-state index is 12.9. The number of likely N-dealkylation sites (tertiary alicyclic amines) is 1. The van der Waals surface area contributed by atoms with Crippen LogP contribution in [0.1, 0.15) is 54.8 Å². The predicted octanol–water partition coefficient (Wildman–Crippen LogP) is 4.26. The highest BCUT2D eigenvalue weighted by molar-refractivity contribution is 5.94. The van der Waals surface area contributed by atoms with Gasteiger partial charge in [-0.25, -0.2) is 0 Å². The maximum atomic E-state index is 12.9. The lowest BCUT2D eigenvalue weighted by Gasteiger charge is -2.34. The summed E-state index contributed by atoms with van der Waals surface area (Å²) in [5.74, 6) is 0.863. The summed E-state index contributed by atoms with van der Waals surface area (Å²) in [7, 11) is 0. The minimum atomic E-state index is -0.0635. The maximum Gasteiger partial charge on any atom is 0.241 e. The Labute approximate surface area is 155 Å². The average molecular weight is 349 g/mol. The summed E-state index contributed by atoms with van der Waals surface area (Å²) < 4.78 is 0. The molecule has 1 aliphatic carbocycles. The van der Waals surface area contributed by atoms with E-state index in [0.717, 1.165) is 49.7 Å². The van der Waals surface area contributed by atoms with Crippen molar-refractivity contribution >= 4 is 11.6 Å². The number of nitrogens with one attached hydrogen (secondary N) is 1. The van der Waals surface area contributed by atoms with Crippen molar-refractivity contribution in [2.75, 3.05) is 11.9 Å². The second kappa shape index (κ2) is 7.58. The molecule has 1 atom stereocenters. The van der Waals surface area contributed by atoms with Gasteiger partial charge < -0.3 is 5.32 Å². The zero-order chi connectivity index (χ0) is 17.9. The SMILES string of the molecule is Cc1ncccc1CN1CCCC[C@@H]1C(=O)Nc1ccc(C2CC2)cc1. The Bertz CT molecular complexity index is 767. The molecule has 26 heavy (non-hydrogen) atoms. The third-order valence-corrected chi connectivity index (χ3v) is 5.63. The van der Waals surface area contributed by atoms with Crippen molar-refractivity contribution in [2.24, 2.45) is 0 Å². The van der Waals surface area contributed by atoms with Gasteiger partial charge in [0, 0.05) is 24.1 Å². The number of aromatic nitrogens is 1. The van der Waals surface area contributed by atoms with E-state index in [0.29, 0.717) is 0 Å². The smallest absolute Gasteiger partial charge is 0.241 e. The molecule has 0 bridgehead atoms. The number of amides is 1. The van der Waals surface area contributed by atoms with Crippen LogP contribution in [0.2, 0.25) is 0 Å². The van der Waals surface area contributed by atoms with Crippen LogP contribution < -0.4 is 5.32 Å². The number of nitrogens with zero attached hydrogens (tertiary/aromatic N) is 2. The number of carbonyl (C=O) groups excluding carboxylic acids is 1. The lowest BCUT2D eigenvalue weighted by molar-refractivity contribution is -0.122. The minimum Gasteiger partial charge on any atom is -0.325 e. The molecule has 1 aliphatic heterocycles. The molecule has 1 N–H and O–H groups in total. The molecule has 1 aromatic heterocycles. The third-order valence-electron chi connectivity index (χ3n) is 5.63. The van der Waals surface area contributed by atoms with Crippen molar-refractivity contribution in [3.63, 3.8) is 0 Å². The van der Waals surface area contributed by atoms with Crippen LogP contribution in [-0.2, 0) is 11.3 Å². The molecule has 1 aromatic carbocycles. The Morgan fingerprint density at radius 2 is 1.96 bits per heavy atom. The van der Waals surface area contributed by atoms with Crippen molar-refractivity contribution in [1.82, 2.24) is 9.88 Å². The van der Waals surface area contributed by atoms with Gasteiger partial charge in [0.05, 0.1) is 6.04 Å². The molecule has 4 nitrogen and oxygen atoms in total. The lowest BCUT2D eigenvalue weighted by Crippen LogP contribution is -2.46. The van der Waals surface area contributed by atoms with E-state index in [9.17, 15) is 4.79 Å². The molecule has 136 valence electrons.